The van der Waals surface area contributed by atoms with E-state index in [0.717, 1.165) is 28.8 Å². The Morgan fingerprint density at radius 2 is 2.11 bits per heavy atom. The van der Waals surface area contributed by atoms with E-state index >= 15 is 0 Å². The molecule has 1 amide bonds. The topological polar surface area (TPSA) is 80.2 Å². The summed E-state index contributed by atoms with van der Waals surface area (Å²) in [5.74, 6) is 1.52. The zero-order valence-corrected chi connectivity index (χ0v) is 16.5. The minimum Gasteiger partial charge on any atom is -0.488 e. The molecule has 5 rings (SSSR count). The van der Waals surface area contributed by atoms with Crippen molar-refractivity contribution in [1.29, 1.82) is 0 Å². The van der Waals surface area contributed by atoms with Gasteiger partial charge in [-0.3, -0.25) is 4.79 Å². The van der Waals surface area contributed by atoms with Crippen LogP contribution >= 0.6 is 22.9 Å². The first-order chi connectivity index (χ1) is 13.7. The number of carbonyl (C=O) groups is 1. The van der Waals surface area contributed by atoms with E-state index in [2.05, 4.69) is 20.3 Å². The number of aromatic nitrogens is 3. The van der Waals surface area contributed by atoms with Crippen molar-refractivity contribution in [3.8, 4) is 5.75 Å². The molecule has 1 aliphatic carbocycles. The van der Waals surface area contributed by atoms with E-state index in [0.29, 0.717) is 24.2 Å². The fraction of sp³-hybridized carbons (Fsp3) is 0.368. The molecule has 2 fully saturated rings. The molecule has 3 heterocycles. The van der Waals surface area contributed by atoms with E-state index in [9.17, 15) is 4.79 Å². The summed E-state index contributed by atoms with van der Waals surface area (Å²) in [5.41, 5.74) is 2.73. The summed E-state index contributed by atoms with van der Waals surface area (Å²) in [4.78, 5) is 27.2. The molecule has 1 saturated carbocycles. The van der Waals surface area contributed by atoms with Crippen LogP contribution in [0.2, 0.25) is 5.15 Å². The van der Waals surface area contributed by atoms with Crippen molar-refractivity contribution in [3.63, 3.8) is 0 Å². The number of nitrogens with one attached hydrogen (secondary N) is 1. The maximum atomic E-state index is 12.4. The van der Waals surface area contributed by atoms with Crippen molar-refractivity contribution < 1.29 is 9.53 Å². The maximum Gasteiger partial charge on any atom is 0.226 e. The number of benzene rings is 1. The molecule has 28 heavy (non-hydrogen) atoms. The number of thiazole rings is 1. The molecular formula is C19H18ClN5O2S. The molecule has 0 spiro atoms. The van der Waals surface area contributed by atoms with Crippen LogP contribution in [0.4, 0.5) is 5.95 Å². The molecule has 0 radical (unpaired) electrons. The van der Waals surface area contributed by atoms with Gasteiger partial charge in [-0.25, -0.2) is 15.0 Å². The quantitative estimate of drug-likeness (QED) is 0.645. The SMILES string of the molecule is O=C(NC1CN(c2nccc(Cl)n2)C1)C1CC(Oc2cccc3scnc23)C1. The van der Waals surface area contributed by atoms with Gasteiger partial charge in [-0.05, 0) is 31.0 Å². The minimum absolute atomic E-state index is 0.0103. The number of hydrogen-bond donors (Lipinski definition) is 1. The largest absolute Gasteiger partial charge is 0.488 e. The zero-order chi connectivity index (χ0) is 19.1. The predicted octanol–water partition coefficient (Wildman–Crippen LogP) is 2.90. The van der Waals surface area contributed by atoms with Crippen LogP contribution in [0.1, 0.15) is 12.8 Å². The minimum atomic E-state index is 0.0103. The van der Waals surface area contributed by atoms with Crippen LogP contribution in [0.15, 0.2) is 36.0 Å². The Hall–Kier alpha value is -2.45. The normalized spacial score (nSPS) is 21.8. The van der Waals surface area contributed by atoms with E-state index in [-0.39, 0.29) is 24.0 Å². The molecule has 2 aromatic heterocycles. The average molecular weight is 416 g/mol. The maximum absolute atomic E-state index is 12.4. The molecule has 1 saturated heterocycles. The second kappa shape index (κ2) is 7.18. The van der Waals surface area contributed by atoms with Gasteiger partial charge in [0.1, 0.15) is 22.5 Å². The Morgan fingerprint density at radius 1 is 1.25 bits per heavy atom. The number of rotatable bonds is 5. The van der Waals surface area contributed by atoms with Gasteiger partial charge in [0.15, 0.2) is 0 Å². The third-order valence-corrected chi connectivity index (χ3v) is 6.21. The van der Waals surface area contributed by atoms with E-state index < -0.39 is 0 Å². The van der Waals surface area contributed by atoms with Crippen molar-refractivity contribution in [2.45, 2.75) is 25.0 Å². The summed E-state index contributed by atoms with van der Waals surface area (Å²) in [7, 11) is 0. The number of fused-ring (bicyclic) bond motifs is 1. The molecule has 3 aromatic rings. The van der Waals surface area contributed by atoms with E-state index in [1.165, 1.54) is 0 Å². The Bertz CT molecular complexity index is 1020. The molecule has 0 atom stereocenters. The highest BCUT2D eigenvalue weighted by molar-refractivity contribution is 7.16. The Kier molecular flexibility index (Phi) is 4.52. The summed E-state index contributed by atoms with van der Waals surface area (Å²) in [6, 6.07) is 7.72. The first-order valence-corrected chi connectivity index (χ1v) is 10.4. The predicted molar refractivity (Wildman–Crippen MR) is 108 cm³/mol. The lowest BCUT2D eigenvalue weighted by Crippen LogP contribution is -2.61. The van der Waals surface area contributed by atoms with Gasteiger partial charge in [0.25, 0.3) is 0 Å². The molecule has 7 nitrogen and oxygen atoms in total. The van der Waals surface area contributed by atoms with Crippen molar-refractivity contribution in [2.75, 3.05) is 18.0 Å². The number of para-hydroxylation sites is 1. The van der Waals surface area contributed by atoms with Gasteiger partial charge in [-0.2, -0.15) is 0 Å². The number of halogens is 1. The standard InChI is InChI=1S/C19H18ClN5O2S/c20-16-4-5-21-19(24-16)25-8-12(9-25)23-18(26)11-6-13(7-11)27-14-2-1-3-15-17(14)22-10-28-15/h1-5,10-13H,6-9H2,(H,23,26). The molecule has 144 valence electrons. The van der Waals surface area contributed by atoms with Crippen LogP contribution in [-0.2, 0) is 4.79 Å². The third-order valence-electron chi connectivity index (χ3n) is 5.20. The number of ether oxygens (including phenoxy) is 1. The molecule has 2 aliphatic rings. The average Bonchev–Trinajstić information content (AvgIpc) is 3.09. The monoisotopic (exact) mass is 415 g/mol. The van der Waals surface area contributed by atoms with Crippen molar-refractivity contribution in [3.05, 3.63) is 41.1 Å². The summed E-state index contributed by atoms with van der Waals surface area (Å²) < 4.78 is 7.18. The van der Waals surface area contributed by atoms with Gasteiger partial charge < -0.3 is 15.0 Å². The van der Waals surface area contributed by atoms with Crippen LogP contribution in [0.5, 0.6) is 5.75 Å². The summed E-state index contributed by atoms with van der Waals surface area (Å²) in [5, 5.41) is 3.53. The first-order valence-electron chi connectivity index (χ1n) is 9.18. The fourth-order valence-electron chi connectivity index (χ4n) is 3.54. The number of carbonyl (C=O) groups excluding carboxylic acids is 1. The van der Waals surface area contributed by atoms with Gasteiger partial charge in [0.05, 0.1) is 16.3 Å². The highest BCUT2D eigenvalue weighted by atomic mass is 35.5. The van der Waals surface area contributed by atoms with Crippen LogP contribution in [0, 0.1) is 5.92 Å². The Morgan fingerprint density at radius 3 is 2.93 bits per heavy atom. The van der Waals surface area contributed by atoms with Gasteiger partial charge in [-0.15, -0.1) is 11.3 Å². The lowest BCUT2D eigenvalue weighted by atomic mass is 9.81. The molecule has 1 aliphatic heterocycles. The fourth-order valence-corrected chi connectivity index (χ4v) is 4.37. The van der Waals surface area contributed by atoms with E-state index in [1.54, 1.807) is 23.6 Å². The van der Waals surface area contributed by atoms with Crippen LogP contribution in [-0.4, -0.2) is 46.1 Å². The number of amides is 1. The molecule has 1 aromatic carbocycles. The van der Waals surface area contributed by atoms with Crippen molar-refractivity contribution >= 4 is 45.0 Å². The van der Waals surface area contributed by atoms with Gasteiger partial charge in [-0.1, -0.05) is 17.7 Å². The zero-order valence-electron chi connectivity index (χ0n) is 14.9. The molecule has 9 heteroatoms. The summed E-state index contributed by atoms with van der Waals surface area (Å²) in [6.45, 7) is 1.40. The summed E-state index contributed by atoms with van der Waals surface area (Å²) in [6.07, 6.45) is 3.18. The second-order valence-corrected chi connectivity index (χ2v) is 8.43. The Labute approximate surface area is 170 Å². The lowest BCUT2D eigenvalue weighted by molar-refractivity contribution is -0.131. The molecule has 0 unspecified atom stereocenters. The van der Waals surface area contributed by atoms with E-state index in [4.69, 9.17) is 16.3 Å². The third kappa shape index (κ3) is 3.38. The number of anilines is 1. The van der Waals surface area contributed by atoms with Crippen LogP contribution < -0.4 is 15.0 Å². The van der Waals surface area contributed by atoms with Gasteiger partial charge in [0, 0.05) is 25.2 Å². The molecular weight excluding hydrogens is 398 g/mol. The van der Waals surface area contributed by atoms with Gasteiger partial charge in [0.2, 0.25) is 11.9 Å². The van der Waals surface area contributed by atoms with Crippen LogP contribution in [0.3, 0.4) is 0 Å². The van der Waals surface area contributed by atoms with Crippen molar-refractivity contribution in [1.82, 2.24) is 20.3 Å². The van der Waals surface area contributed by atoms with Crippen molar-refractivity contribution in [2.24, 2.45) is 5.92 Å². The highest BCUT2D eigenvalue weighted by Crippen LogP contribution is 2.35. The van der Waals surface area contributed by atoms with Crippen LogP contribution in [0.25, 0.3) is 10.2 Å². The highest BCUT2D eigenvalue weighted by Gasteiger charge is 2.39. The molecule has 1 N–H and O–H groups in total. The molecule has 0 bridgehead atoms. The Balaban J connectivity index is 1.09. The second-order valence-electron chi connectivity index (χ2n) is 7.15. The number of nitrogens with zero attached hydrogens (tertiary/aromatic N) is 4. The summed E-state index contributed by atoms with van der Waals surface area (Å²) >= 11 is 7.49. The number of hydrogen-bond acceptors (Lipinski definition) is 7. The first kappa shape index (κ1) is 17.6. The van der Waals surface area contributed by atoms with Gasteiger partial charge >= 0.3 is 0 Å². The lowest BCUT2D eigenvalue weighted by Gasteiger charge is -2.41. The smallest absolute Gasteiger partial charge is 0.226 e. The van der Waals surface area contributed by atoms with E-state index in [1.807, 2.05) is 28.6 Å².